The normalized spacial score (nSPS) is 16.8. The van der Waals surface area contributed by atoms with E-state index in [1.165, 1.54) is 46.5 Å². The fourth-order valence-corrected chi connectivity index (χ4v) is 4.05. The number of nitrogens with zero attached hydrogens (tertiary/aromatic N) is 4. The molecule has 0 radical (unpaired) electrons. The molecule has 1 atom stereocenters. The van der Waals surface area contributed by atoms with E-state index in [1.807, 2.05) is 0 Å². The van der Waals surface area contributed by atoms with Gasteiger partial charge < -0.3 is 20.0 Å². The lowest BCUT2D eigenvalue weighted by molar-refractivity contribution is -0.402. The summed E-state index contributed by atoms with van der Waals surface area (Å²) in [7, 11) is 0. The summed E-state index contributed by atoms with van der Waals surface area (Å²) < 4.78 is 12.3. The number of hydrogen-bond acceptors (Lipinski definition) is 9. The van der Waals surface area contributed by atoms with Crippen LogP contribution in [0.25, 0.3) is 11.3 Å². The minimum Gasteiger partial charge on any atom is -0.507 e. The highest BCUT2D eigenvalue weighted by Gasteiger charge is 2.17. The number of furan rings is 1. The first-order valence-corrected chi connectivity index (χ1v) is 10.5. The van der Waals surface area contributed by atoms with E-state index in [1.54, 1.807) is 11.4 Å². The number of primary amides is 1. The zero-order chi connectivity index (χ0) is 22.7. The molecule has 11 nitrogen and oxygen atoms in total. The van der Waals surface area contributed by atoms with Crippen LogP contribution in [0.3, 0.4) is 0 Å². The summed E-state index contributed by atoms with van der Waals surface area (Å²) in [5.41, 5.74) is 6.49. The number of carbonyl (C=O) groups excluding carboxylic acids is 1. The van der Waals surface area contributed by atoms with Crippen molar-refractivity contribution < 1.29 is 24.0 Å². The number of aromatic nitrogens is 1. The van der Waals surface area contributed by atoms with E-state index in [4.69, 9.17) is 14.9 Å². The third kappa shape index (κ3) is 4.60. The molecule has 2 aromatic heterocycles. The number of nitro groups is 1. The first-order chi connectivity index (χ1) is 15.4. The molecule has 12 heteroatoms. The van der Waals surface area contributed by atoms with Crippen LogP contribution in [0, 0.1) is 10.1 Å². The number of nitrogens with two attached hydrogens (primary N) is 1. The minimum atomic E-state index is -0.763. The predicted molar refractivity (Wildman–Crippen MR) is 116 cm³/mol. The molecule has 0 saturated carbocycles. The van der Waals surface area contributed by atoms with Crippen LogP contribution in [0.1, 0.15) is 29.0 Å². The molecule has 0 aliphatic carbocycles. The number of hydrogen-bond donors (Lipinski definition) is 2. The van der Waals surface area contributed by atoms with Crippen molar-refractivity contribution in [2.24, 2.45) is 15.8 Å². The van der Waals surface area contributed by atoms with Crippen LogP contribution in [-0.4, -0.2) is 46.1 Å². The van der Waals surface area contributed by atoms with Crippen molar-refractivity contribution in [2.45, 2.75) is 18.9 Å². The molecule has 166 valence electrons. The average molecular weight is 457 g/mol. The topological polar surface area (TPSA) is 158 Å². The molecule has 4 rings (SSSR count). The van der Waals surface area contributed by atoms with Gasteiger partial charge in [0.2, 0.25) is 4.80 Å². The smallest absolute Gasteiger partial charge is 0.433 e. The van der Waals surface area contributed by atoms with E-state index in [0.29, 0.717) is 29.2 Å². The lowest BCUT2D eigenvalue weighted by atomic mass is 10.1. The molecule has 1 amide bonds. The summed E-state index contributed by atoms with van der Waals surface area (Å²) in [5.74, 6) is -1.19. The van der Waals surface area contributed by atoms with E-state index in [-0.39, 0.29) is 23.2 Å². The van der Waals surface area contributed by atoms with Gasteiger partial charge in [-0.1, -0.05) is 0 Å². The second-order valence-electron chi connectivity index (χ2n) is 6.96. The van der Waals surface area contributed by atoms with Crippen LogP contribution in [-0.2, 0) is 4.74 Å². The molecule has 1 saturated heterocycles. The maximum atomic E-state index is 11.6. The fourth-order valence-electron chi connectivity index (χ4n) is 3.20. The molecule has 3 aromatic rings. The number of amides is 1. The Morgan fingerprint density at radius 1 is 1.41 bits per heavy atom. The van der Waals surface area contributed by atoms with Crippen molar-refractivity contribution in [3.8, 4) is 17.0 Å². The van der Waals surface area contributed by atoms with E-state index >= 15 is 0 Å². The van der Waals surface area contributed by atoms with Gasteiger partial charge in [0.1, 0.15) is 10.7 Å². The number of benzene rings is 1. The Balaban J connectivity index is 1.75. The van der Waals surface area contributed by atoms with Gasteiger partial charge in [-0.3, -0.25) is 19.9 Å². The molecule has 1 fully saturated rings. The number of ether oxygens (including phenoxy) is 1. The van der Waals surface area contributed by atoms with Crippen molar-refractivity contribution in [1.29, 1.82) is 0 Å². The number of thiazole rings is 1. The van der Waals surface area contributed by atoms with Crippen LogP contribution in [0.2, 0.25) is 0 Å². The largest absolute Gasteiger partial charge is 0.507 e. The lowest BCUT2D eigenvalue weighted by Crippen LogP contribution is -2.17. The lowest BCUT2D eigenvalue weighted by Gasteiger charge is -2.07. The van der Waals surface area contributed by atoms with Crippen molar-refractivity contribution in [1.82, 2.24) is 4.68 Å². The summed E-state index contributed by atoms with van der Waals surface area (Å²) in [6.45, 7) is 1.18. The number of rotatable bonds is 7. The minimum absolute atomic E-state index is 0.0243. The van der Waals surface area contributed by atoms with Gasteiger partial charge in [0.25, 0.3) is 5.91 Å². The van der Waals surface area contributed by atoms with Crippen LogP contribution in [0.15, 0.2) is 50.2 Å². The van der Waals surface area contributed by atoms with Crippen LogP contribution < -0.4 is 10.5 Å². The predicted octanol–water partition coefficient (Wildman–Crippen LogP) is 2.48. The Morgan fingerprint density at radius 2 is 2.25 bits per heavy atom. The molecule has 3 N–H and O–H groups in total. The quantitative estimate of drug-likeness (QED) is 0.315. The van der Waals surface area contributed by atoms with Gasteiger partial charge in [0, 0.05) is 17.6 Å². The number of phenols is 1. The van der Waals surface area contributed by atoms with Gasteiger partial charge in [-0.2, -0.15) is 5.10 Å². The maximum absolute atomic E-state index is 11.6. The van der Waals surface area contributed by atoms with Crippen molar-refractivity contribution >= 4 is 29.3 Å². The molecular formula is C20H19N5O6S. The van der Waals surface area contributed by atoms with Crippen molar-refractivity contribution in [2.75, 3.05) is 13.2 Å². The summed E-state index contributed by atoms with van der Waals surface area (Å²) >= 11 is 1.33. The first kappa shape index (κ1) is 21.5. The Bertz CT molecular complexity index is 1250. The number of aromatic hydroxyl groups is 1. The summed E-state index contributed by atoms with van der Waals surface area (Å²) in [6.07, 6.45) is 3.31. The van der Waals surface area contributed by atoms with Crippen LogP contribution in [0.5, 0.6) is 5.75 Å². The molecule has 3 heterocycles. The maximum Gasteiger partial charge on any atom is 0.433 e. The second kappa shape index (κ2) is 9.16. The van der Waals surface area contributed by atoms with Gasteiger partial charge in [0.05, 0.1) is 36.2 Å². The Kier molecular flexibility index (Phi) is 6.14. The van der Waals surface area contributed by atoms with Crippen LogP contribution in [0.4, 0.5) is 5.88 Å². The third-order valence-corrected chi connectivity index (χ3v) is 5.64. The molecule has 32 heavy (non-hydrogen) atoms. The van der Waals surface area contributed by atoms with Gasteiger partial charge in [-0.25, -0.2) is 4.68 Å². The van der Waals surface area contributed by atoms with Crippen molar-refractivity contribution in [3.63, 3.8) is 0 Å². The number of carbonyl (C=O) groups is 1. The van der Waals surface area contributed by atoms with Gasteiger partial charge in [-0.05, 0) is 37.1 Å². The van der Waals surface area contributed by atoms with Gasteiger partial charge in [0.15, 0.2) is 5.76 Å². The molecule has 1 aliphatic rings. The molecule has 0 bridgehead atoms. The van der Waals surface area contributed by atoms with Gasteiger partial charge in [-0.15, -0.1) is 11.3 Å². The standard InChI is InChI=1S/C20H19N5O6S/c21-19(27)15-8-12(3-5-17(15)26)16-11-32-20(22-9-13-2-1-7-30-13)24(16)23-10-14-4-6-18(31-14)25(28)29/h3-6,8,10-11,13,26H,1-2,7,9H2,(H2,21,27)/b22-20?,23-10+. The SMILES string of the molecule is NC(=O)c1cc(-c2csc(=NCC3CCCO3)n2/N=C/c2ccc([N+](=O)[O-])o2)ccc1O. The van der Waals surface area contributed by atoms with E-state index in [0.717, 1.165) is 12.8 Å². The summed E-state index contributed by atoms with van der Waals surface area (Å²) in [5, 5.41) is 26.9. The second-order valence-corrected chi connectivity index (χ2v) is 7.80. The van der Waals surface area contributed by atoms with Crippen molar-refractivity contribution in [3.05, 3.63) is 62.0 Å². The van der Waals surface area contributed by atoms with E-state index < -0.39 is 16.7 Å². The average Bonchev–Trinajstić information content (AvgIpc) is 3.51. The molecular weight excluding hydrogens is 438 g/mol. The fraction of sp³-hybridized carbons (Fsp3) is 0.250. The molecule has 1 unspecified atom stereocenters. The zero-order valence-corrected chi connectivity index (χ0v) is 17.5. The summed E-state index contributed by atoms with van der Waals surface area (Å²) in [6, 6.07) is 7.14. The highest BCUT2D eigenvalue weighted by molar-refractivity contribution is 7.07. The Morgan fingerprint density at radius 3 is 2.94 bits per heavy atom. The van der Waals surface area contributed by atoms with Gasteiger partial charge >= 0.3 is 5.88 Å². The van der Waals surface area contributed by atoms with E-state index in [2.05, 4.69) is 10.1 Å². The highest BCUT2D eigenvalue weighted by atomic mass is 32.1. The third-order valence-electron chi connectivity index (χ3n) is 4.79. The molecule has 1 aliphatic heterocycles. The Hall–Kier alpha value is -3.77. The molecule has 1 aromatic carbocycles. The highest BCUT2D eigenvalue weighted by Crippen LogP contribution is 2.26. The Labute approximate surface area is 185 Å². The zero-order valence-electron chi connectivity index (χ0n) is 16.7. The summed E-state index contributed by atoms with van der Waals surface area (Å²) in [4.78, 5) is 27.0. The first-order valence-electron chi connectivity index (χ1n) is 9.67. The van der Waals surface area contributed by atoms with Crippen LogP contribution >= 0.6 is 11.3 Å². The monoisotopic (exact) mass is 457 g/mol. The molecule has 0 spiro atoms. The van der Waals surface area contributed by atoms with E-state index in [9.17, 15) is 20.0 Å².